The van der Waals surface area contributed by atoms with Crippen molar-refractivity contribution in [3.63, 3.8) is 0 Å². The van der Waals surface area contributed by atoms with E-state index in [1.807, 2.05) is 6.20 Å². The van der Waals surface area contributed by atoms with Gasteiger partial charge in [-0.05, 0) is 23.1 Å². The van der Waals surface area contributed by atoms with Gasteiger partial charge in [-0.3, -0.25) is 0 Å². The Morgan fingerprint density at radius 3 is 2.15 bits per heavy atom. The van der Waals surface area contributed by atoms with Gasteiger partial charge in [0.2, 0.25) is 0 Å². The van der Waals surface area contributed by atoms with Gasteiger partial charge < -0.3 is 9.97 Å². The van der Waals surface area contributed by atoms with Gasteiger partial charge in [0.05, 0.1) is 5.69 Å². The summed E-state index contributed by atoms with van der Waals surface area (Å²) >= 11 is 0. The number of allylic oxidation sites excluding steroid dienone is 1. The van der Waals surface area contributed by atoms with Gasteiger partial charge in [-0.2, -0.15) is 0 Å². The maximum absolute atomic E-state index is 4.40. The molecule has 0 saturated heterocycles. The number of benzene rings is 2. The molecule has 0 bridgehead atoms. The molecule has 0 radical (unpaired) electrons. The molecule has 4 aromatic rings. The number of H-pyrrole nitrogens is 2. The molecule has 3 nitrogen and oxygen atoms in total. The number of hydrogen-bond acceptors (Lipinski definition) is 1. The molecule has 0 aliphatic heterocycles. The largest absolute Gasteiger partial charge is 0.358 e. The lowest BCUT2D eigenvalue weighted by Gasteiger charge is -2.35. The fourth-order valence-corrected chi connectivity index (χ4v) is 4.03. The molecule has 2 aromatic heterocycles. The third kappa shape index (κ3) is 2.25. The number of rotatable bonds is 3. The molecule has 26 heavy (non-hydrogen) atoms. The highest BCUT2D eigenvalue weighted by Gasteiger charge is 2.35. The SMILES string of the molecule is C1=CC(c2ccccc2)(c2ccccc2)Cc2c[nH]c(-c3ncc[nH]3)c21. The molecule has 1 aliphatic carbocycles. The molecule has 5 rings (SSSR count). The van der Waals surface area contributed by atoms with Crippen molar-refractivity contribution in [3.05, 3.63) is 108 Å². The second-order valence-electron chi connectivity index (χ2n) is 6.75. The molecule has 0 unspecified atom stereocenters. The minimum Gasteiger partial charge on any atom is -0.358 e. The van der Waals surface area contributed by atoms with Crippen LogP contribution in [0.1, 0.15) is 22.3 Å². The first-order valence-electron chi connectivity index (χ1n) is 8.87. The third-order valence-corrected chi connectivity index (χ3v) is 5.32. The lowest BCUT2D eigenvalue weighted by molar-refractivity contribution is 0.634. The van der Waals surface area contributed by atoms with Gasteiger partial charge >= 0.3 is 0 Å². The molecule has 3 heteroatoms. The summed E-state index contributed by atoms with van der Waals surface area (Å²) in [6.07, 6.45) is 11.3. The van der Waals surface area contributed by atoms with Gasteiger partial charge in [-0.15, -0.1) is 0 Å². The molecular weight excluding hydrogens is 318 g/mol. The number of nitrogens with zero attached hydrogens (tertiary/aromatic N) is 1. The van der Waals surface area contributed by atoms with Crippen molar-refractivity contribution in [2.24, 2.45) is 0 Å². The standard InChI is InChI=1S/C23H19N3/c1-3-7-18(8-4-1)23(19-9-5-2-6-10-19)12-11-20-17(15-23)16-26-21(20)22-24-13-14-25-22/h1-14,16,26H,15H2,(H,24,25). The summed E-state index contributed by atoms with van der Waals surface area (Å²) < 4.78 is 0. The van der Waals surface area contributed by atoms with Crippen molar-refractivity contribution in [2.45, 2.75) is 11.8 Å². The summed E-state index contributed by atoms with van der Waals surface area (Å²) in [5, 5.41) is 0. The highest BCUT2D eigenvalue weighted by molar-refractivity contribution is 5.75. The highest BCUT2D eigenvalue weighted by Crippen LogP contribution is 2.43. The van der Waals surface area contributed by atoms with Crippen molar-refractivity contribution in [2.75, 3.05) is 0 Å². The molecule has 0 amide bonds. The Balaban J connectivity index is 1.67. The van der Waals surface area contributed by atoms with Crippen LogP contribution in [0.3, 0.4) is 0 Å². The Hall–Kier alpha value is -3.33. The van der Waals surface area contributed by atoms with E-state index >= 15 is 0 Å². The number of aromatic amines is 2. The van der Waals surface area contributed by atoms with Gasteiger partial charge in [0.25, 0.3) is 0 Å². The topological polar surface area (TPSA) is 44.5 Å². The van der Waals surface area contributed by atoms with Gasteiger partial charge in [-0.1, -0.05) is 72.8 Å². The van der Waals surface area contributed by atoms with Crippen LogP contribution in [0.2, 0.25) is 0 Å². The van der Waals surface area contributed by atoms with Gasteiger partial charge in [-0.25, -0.2) is 4.98 Å². The van der Waals surface area contributed by atoms with Gasteiger partial charge in [0, 0.05) is 29.6 Å². The zero-order chi connectivity index (χ0) is 17.4. The first-order chi connectivity index (χ1) is 12.9. The van der Waals surface area contributed by atoms with Crippen LogP contribution < -0.4 is 0 Å². The molecule has 2 N–H and O–H groups in total. The van der Waals surface area contributed by atoms with Crippen molar-refractivity contribution in [3.8, 4) is 11.5 Å². The zero-order valence-electron chi connectivity index (χ0n) is 14.3. The van der Waals surface area contributed by atoms with Crippen LogP contribution in [0.5, 0.6) is 0 Å². The molecule has 2 aromatic carbocycles. The van der Waals surface area contributed by atoms with E-state index in [4.69, 9.17) is 0 Å². The van der Waals surface area contributed by atoms with E-state index < -0.39 is 0 Å². The molecule has 0 atom stereocenters. The van der Waals surface area contributed by atoms with E-state index in [9.17, 15) is 0 Å². The molecule has 1 aliphatic rings. The number of nitrogens with one attached hydrogen (secondary N) is 2. The predicted molar refractivity (Wildman–Crippen MR) is 105 cm³/mol. The van der Waals surface area contributed by atoms with Crippen LogP contribution in [-0.2, 0) is 11.8 Å². The smallest absolute Gasteiger partial charge is 0.154 e. The van der Waals surface area contributed by atoms with E-state index in [0.717, 1.165) is 17.9 Å². The van der Waals surface area contributed by atoms with E-state index in [1.54, 1.807) is 6.20 Å². The molecule has 126 valence electrons. The fourth-order valence-electron chi connectivity index (χ4n) is 4.03. The summed E-state index contributed by atoms with van der Waals surface area (Å²) in [7, 11) is 0. The maximum atomic E-state index is 4.40. The van der Waals surface area contributed by atoms with Crippen molar-refractivity contribution < 1.29 is 0 Å². The highest BCUT2D eigenvalue weighted by atomic mass is 14.9. The average Bonchev–Trinajstić information content (AvgIpc) is 3.38. The molecule has 0 saturated carbocycles. The number of imidazole rings is 1. The number of hydrogen-bond donors (Lipinski definition) is 2. The summed E-state index contributed by atoms with van der Waals surface area (Å²) in [6.45, 7) is 0. The van der Waals surface area contributed by atoms with Crippen LogP contribution in [0, 0.1) is 0 Å². The number of aromatic nitrogens is 3. The molecule has 0 spiro atoms. The van der Waals surface area contributed by atoms with Crippen molar-refractivity contribution >= 4 is 6.08 Å². The summed E-state index contributed by atoms with van der Waals surface area (Å²) in [6, 6.07) is 21.5. The second-order valence-corrected chi connectivity index (χ2v) is 6.75. The first kappa shape index (κ1) is 15.0. The van der Waals surface area contributed by atoms with E-state index in [1.165, 1.54) is 22.3 Å². The van der Waals surface area contributed by atoms with Crippen LogP contribution >= 0.6 is 0 Å². The Bertz CT molecular complexity index is 1000. The summed E-state index contributed by atoms with van der Waals surface area (Å²) in [5.41, 5.74) is 6.06. The lowest BCUT2D eigenvalue weighted by atomic mass is 9.68. The Labute approximate surface area is 152 Å². The molecular formula is C23H19N3. The predicted octanol–water partition coefficient (Wildman–Crippen LogP) is 4.96. The van der Waals surface area contributed by atoms with E-state index in [0.29, 0.717) is 0 Å². The van der Waals surface area contributed by atoms with E-state index in [2.05, 4.69) is 94.0 Å². The van der Waals surface area contributed by atoms with E-state index in [-0.39, 0.29) is 5.41 Å². The fraction of sp³-hybridized carbons (Fsp3) is 0.0870. The van der Waals surface area contributed by atoms with Crippen LogP contribution in [0.15, 0.2) is 85.3 Å². The van der Waals surface area contributed by atoms with Crippen LogP contribution in [0.25, 0.3) is 17.6 Å². The second kappa shape index (κ2) is 5.88. The Morgan fingerprint density at radius 1 is 0.846 bits per heavy atom. The molecule has 2 heterocycles. The number of fused-ring (bicyclic) bond motifs is 1. The maximum Gasteiger partial charge on any atom is 0.154 e. The average molecular weight is 337 g/mol. The van der Waals surface area contributed by atoms with Gasteiger partial charge in [0.1, 0.15) is 0 Å². The summed E-state index contributed by atoms with van der Waals surface area (Å²) in [5.74, 6) is 0.878. The first-order valence-corrected chi connectivity index (χ1v) is 8.87. The van der Waals surface area contributed by atoms with Crippen molar-refractivity contribution in [1.82, 2.24) is 15.0 Å². The lowest BCUT2D eigenvalue weighted by Crippen LogP contribution is -2.30. The Kier molecular flexibility index (Phi) is 3.39. The minimum absolute atomic E-state index is 0.155. The normalized spacial score (nSPS) is 14.9. The zero-order valence-corrected chi connectivity index (χ0v) is 14.3. The minimum atomic E-state index is -0.155. The Morgan fingerprint density at radius 2 is 1.54 bits per heavy atom. The van der Waals surface area contributed by atoms with Gasteiger partial charge in [0.15, 0.2) is 5.82 Å². The third-order valence-electron chi connectivity index (χ3n) is 5.32. The van der Waals surface area contributed by atoms with Crippen LogP contribution in [-0.4, -0.2) is 15.0 Å². The monoisotopic (exact) mass is 337 g/mol. The molecule has 0 fully saturated rings. The van der Waals surface area contributed by atoms with Crippen molar-refractivity contribution in [1.29, 1.82) is 0 Å². The summed E-state index contributed by atoms with van der Waals surface area (Å²) in [4.78, 5) is 11.0. The van der Waals surface area contributed by atoms with Crippen LogP contribution in [0.4, 0.5) is 0 Å². The quantitative estimate of drug-likeness (QED) is 0.545.